The Labute approximate surface area is 107 Å². The maximum Gasteiger partial charge on any atom is 0.0397 e. The number of rotatable bonds is 5. The lowest BCUT2D eigenvalue weighted by atomic mass is 10.1. The standard InChI is InChI=1S/C13H21BrN2/c1-10(2)9-16(3)13-5-4-12(14)8-11(13)6-7-15/h4-5,8,10H,6-7,9,15H2,1-3H3. The summed E-state index contributed by atoms with van der Waals surface area (Å²) in [6.07, 6.45) is 0.928. The van der Waals surface area contributed by atoms with Gasteiger partial charge in [0.2, 0.25) is 0 Å². The zero-order valence-corrected chi connectivity index (χ0v) is 11.9. The molecule has 90 valence electrons. The highest BCUT2D eigenvalue weighted by atomic mass is 79.9. The number of nitrogens with zero attached hydrogens (tertiary/aromatic N) is 1. The van der Waals surface area contributed by atoms with Crippen molar-refractivity contribution >= 4 is 21.6 Å². The molecule has 1 aromatic rings. The summed E-state index contributed by atoms with van der Waals surface area (Å²) >= 11 is 3.51. The van der Waals surface area contributed by atoms with Crippen molar-refractivity contribution in [2.24, 2.45) is 11.7 Å². The second-order valence-electron chi connectivity index (χ2n) is 4.59. The molecular weight excluding hydrogens is 264 g/mol. The van der Waals surface area contributed by atoms with E-state index in [1.165, 1.54) is 11.3 Å². The number of nitrogens with two attached hydrogens (primary N) is 1. The minimum absolute atomic E-state index is 0.666. The van der Waals surface area contributed by atoms with Crippen LogP contribution in [-0.2, 0) is 6.42 Å². The summed E-state index contributed by atoms with van der Waals surface area (Å²) in [7, 11) is 2.14. The number of anilines is 1. The Balaban J connectivity index is 2.92. The first-order valence-corrected chi connectivity index (χ1v) is 6.53. The largest absolute Gasteiger partial charge is 0.374 e. The molecule has 0 heterocycles. The van der Waals surface area contributed by atoms with Crippen LogP contribution in [0.15, 0.2) is 22.7 Å². The summed E-state index contributed by atoms with van der Waals surface area (Å²) < 4.78 is 1.12. The van der Waals surface area contributed by atoms with E-state index in [1.54, 1.807) is 0 Å². The van der Waals surface area contributed by atoms with Gasteiger partial charge in [-0.2, -0.15) is 0 Å². The van der Waals surface area contributed by atoms with Gasteiger partial charge in [-0.3, -0.25) is 0 Å². The van der Waals surface area contributed by atoms with Crippen LogP contribution in [0.2, 0.25) is 0 Å². The topological polar surface area (TPSA) is 29.3 Å². The Kier molecular flexibility index (Phi) is 5.29. The van der Waals surface area contributed by atoms with Crippen molar-refractivity contribution in [1.29, 1.82) is 0 Å². The predicted octanol–water partition coefficient (Wildman–Crippen LogP) is 3.04. The molecule has 0 aromatic heterocycles. The summed E-state index contributed by atoms with van der Waals surface area (Å²) in [5.74, 6) is 0.666. The maximum atomic E-state index is 5.65. The lowest BCUT2D eigenvalue weighted by molar-refractivity contribution is 0.637. The van der Waals surface area contributed by atoms with Crippen LogP contribution in [-0.4, -0.2) is 20.1 Å². The van der Waals surface area contributed by atoms with Crippen LogP contribution in [0.25, 0.3) is 0 Å². The molecule has 0 saturated carbocycles. The SMILES string of the molecule is CC(C)CN(C)c1ccc(Br)cc1CCN. The van der Waals surface area contributed by atoms with E-state index in [0.717, 1.165) is 17.4 Å². The summed E-state index contributed by atoms with van der Waals surface area (Å²) in [5.41, 5.74) is 8.26. The monoisotopic (exact) mass is 284 g/mol. The second kappa shape index (κ2) is 6.26. The number of hydrogen-bond donors (Lipinski definition) is 1. The molecule has 2 nitrogen and oxygen atoms in total. The Morgan fingerprint density at radius 3 is 2.62 bits per heavy atom. The molecule has 0 unspecified atom stereocenters. The van der Waals surface area contributed by atoms with Gasteiger partial charge in [0, 0.05) is 23.8 Å². The normalized spacial score (nSPS) is 10.9. The summed E-state index contributed by atoms with van der Waals surface area (Å²) in [6.45, 7) is 6.23. The van der Waals surface area contributed by atoms with Gasteiger partial charge in [0.1, 0.15) is 0 Å². The van der Waals surface area contributed by atoms with E-state index in [2.05, 4.69) is 59.9 Å². The average Bonchev–Trinajstić information content (AvgIpc) is 2.17. The van der Waals surface area contributed by atoms with Gasteiger partial charge in [0.05, 0.1) is 0 Å². The summed E-state index contributed by atoms with van der Waals surface area (Å²) in [6, 6.07) is 6.42. The summed E-state index contributed by atoms with van der Waals surface area (Å²) in [5, 5.41) is 0. The lowest BCUT2D eigenvalue weighted by Crippen LogP contribution is -2.24. The quantitative estimate of drug-likeness (QED) is 0.901. The van der Waals surface area contributed by atoms with E-state index in [0.29, 0.717) is 12.5 Å². The van der Waals surface area contributed by atoms with Gasteiger partial charge in [0.25, 0.3) is 0 Å². The van der Waals surface area contributed by atoms with Gasteiger partial charge >= 0.3 is 0 Å². The van der Waals surface area contributed by atoms with E-state index < -0.39 is 0 Å². The molecule has 0 aliphatic carbocycles. The number of benzene rings is 1. The first-order valence-electron chi connectivity index (χ1n) is 5.74. The molecule has 2 N–H and O–H groups in total. The number of halogens is 1. The fraction of sp³-hybridized carbons (Fsp3) is 0.538. The lowest BCUT2D eigenvalue weighted by Gasteiger charge is -2.24. The van der Waals surface area contributed by atoms with Crippen molar-refractivity contribution in [3.8, 4) is 0 Å². The molecular formula is C13H21BrN2. The third-order valence-corrected chi connectivity index (χ3v) is 3.00. The third kappa shape index (κ3) is 3.80. The fourth-order valence-corrected chi connectivity index (χ4v) is 2.34. The molecule has 0 bridgehead atoms. The predicted molar refractivity (Wildman–Crippen MR) is 75.0 cm³/mol. The Morgan fingerprint density at radius 1 is 1.38 bits per heavy atom. The molecule has 0 fully saturated rings. The second-order valence-corrected chi connectivity index (χ2v) is 5.50. The molecule has 0 aliphatic rings. The molecule has 0 saturated heterocycles. The zero-order chi connectivity index (χ0) is 12.1. The van der Waals surface area contributed by atoms with E-state index >= 15 is 0 Å². The van der Waals surface area contributed by atoms with Crippen molar-refractivity contribution in [3.63, 3.8) is 0 Å². The van der Waals surface area contributed by atoms with E-state index in [1.807, 2.05) is 0 Å². The average molecular weight is 285 g/mol. The highest BCUT2D eigenvalue weighted by molar-refractivity contribution is 9.10. The van der Waals surface area contributed by atoms with Crippen LogP contribution < -0.4 is 10.6 Å². The fourth-order valence-electron chi connectivity index (χ4n) is 1.93. The Hall–Kier alpha value is -0.540. The van der Waals surface area contributed by atoms with Crippen LogP contribution in [0.1, 0.15) is 19.4 Å². The smallest absolute Gasteiger partial charge is 0.0397 e. The minimum Gasteiger partial charge on any atom is -0.374 e. The van der Waals surface area contributed by atoms with Gasteiger partial charge in [-0.25, -0.2) is 0 Å². The molecule has 0 aliphatic heterocycles. The molecule has 0 radical (unpaired) electrons. The van der Waals surface area contributed by atoms with Crippen molar-refractivity contribution in [2.45, 2.75) is 20.3 Å². The van der Waals surface area contributed by atoms with Crippen LogP contribution >= 0.6 is 15.9 Å². The zero-order valence-electron chi connectivity index (χ0n) is 10.3. The van der Waals surface area contributed by atoms with Gasteiger partial charge in [-0.1, -0.05) is 29.8 Å². The number of hydrogen-bond acceptors (Lipinski definition) is 2. The minimum atomic E-state index is 0.666. The van der Waals surface area contributed by atoms with E-state index in [-0.39, 0.29) is 0 Å². The Bertz CT molecular complexity index is 337. The summed E-state index contributed by atoms with van der Waals surface area (Å²) in [4.78, 5) is 2.31. The molecule has 0 amide bonds. The van der Waals surface area contributed by atoms with Gasteiger partial charge in [0.15, 0.2) is 0 Å². The molecule has 1 rings (SSSR count). The van der Waals surface area contributed by atoms with Crippen LogP contribution in [0, 0.1) is 5.92 Å². The van der Waals surface area contributed by atoms with Crippen LogP contribution in [0.4, 0.5) is 5.69 Å². The third-order valence-electron chi connectivity index (χ3n) is 2.51. The highest BCUT2D eigenvalue weighted by Gasteiger charge is 2.08. The van der Waals surface area contributed by atoms with E-state index in [4.69, 9.17) is 5.73 Å². The van der Waals surface area contributed by atoms with Crippen LogP contribution in [0.3, 0.4) is 0 Å². The maximum absolute atomic E-state index is 5.65. The van der Waals surface area contributed by atoms with Crippen molar-refractivity contribution in [3.05, 3.63) is 28.2 Å². The Morgan fingerprint density at radius 2 is 2.06 bits per heavy atom. The van der Waals surface area contributed by atoms with Crippen molar-refractivity contribution < 1.29 is 0 Å². The van der Waals surface area contributed by atoms with Crippen molar-refractivity contribution in [2.75, 3.05) is 25.0 Å². The van der Waals surface area contributed by atoms with Gasteiger partial charge in [-0.15, -0.1) is 0 Å². The first kappa shape index (κ1) is 13.5. The van der Waals surface area contributed by atoms with Gasteiger partial charge in [-0.05, 0) is 42.6 Å². The molecule has 0 spiro atoms. The van der Waals surface area contributed by atoms with E-state index in [9.17, 15) is 0 Å². The molecule has 16 heavy (non-hydrogen) atoms. The van der Waals surface area contributed by atoms with Crippen LogP contribution in [0.5, 0.6) is 0 Å². The van der Waals surface area contributed by atoms with Gasteiger partial charge < -0.3 is 10.6 Å². The van der Waals surface area contributed by atoms with Crippen molar-refractivity contribution in [1.82, 2.24) is 0 Å². The molecule has 3 heteroatoms. The first-order chi connectivity index (χ1) is 7.54. The molecule has 1 aromatic carbocycles. The molecule has 0 atom stereocenters. The highest BCUT2D eigenvalue weighted by Crippen LogP contribution is 2.24.